The van der Waals surface area contributed by atoms with Crippen LogP contribution in [0.3, 0.4) is 0 Å². The summed E-state index contributed by atoms with van der Waals surface area (Å²) in [5.74, 6) is -0.315. The molecule has 6 nitrogen and oxygen atoms in total. The topological polar surface area (TPSA) is 67.2 Å². The van der Waals surface area contributed by atoms with Crippen LogP contribution in [0.15, 0.2) is 60.7 Å². The van der Waals surface area contributed by atoms with E-state index in [1.165, 1.54) is 6.08 Å². The van der Waals surface area contributed by atoms with Crippen LogP contribution >= 0.6 is 11.6 Å². The predicted octanol–water partition coefficient (Wildman–Crippen LogP) is 5.03. The Hall–Kier alpha value is -3.38. The first kappa shape index (κ1) is 23.3. The number of aromatic nitrogens is 2. The molecule has 3 aromatic rings. The molecular formula is C25H27ClN4O2. The second kappa shape index (κ2) is 10.8. The van der Waals surface area contributed by atoms with Crippen LogP contribution in [0, 0.1) is 6.92 Å². The van der Waals surface area contributed by atoms with Gasteiger partial charge in [0.2, 0.25) is 5.91 Å². The van der Waals surface area contributed by atoms with Crippen molar-refractivity contribution in [3.63, 3.8) is 0 Å². The molecule has 2 amide bonds. The molecule has 0 aliphatic rings. The number of anilines is 1. The fourth-order valence-electron chi connectivity index (χ4n) is 3.35. The summed E-state index contributed by atoms with van der Waals surface area (Å²) in [5, 5.41) is 7.77. The minimum atomic E-state index is -0.293. The number of hydrogen-bond donors (Lipinski definition) is 1. The van der Waals surface area contributed by atoms with E-state index in [0.29, 0.717) is 41.6 Å². The molecule has 0 spiro atoms. The monoisotopic (exact) mass is 450 g/mol. The number of halogens is 1. The average Bonchev–Trinajstić information content (AvgIpc) is 3.06. The van der Waals surface area contributed by atoms with Crippen molar-refractivity contribution in [1.82, 2.24) is 14.7 Å². The molecule has 1 N–H and O–H groups in total. The van der Waals surface area contributed by atoms with Gasteiger partial charge < -0.3 is 10.2 Å². The lowest BCUT2D eigenvalue weighted by Gasteiger charge is -2.18. The van der Waals surface area contributed by atoms with Gasteiger partial charge >= 0.3 is 0 Å². The Kier molecular flexibility index (Phi) is 7.84. The minimum absolute atomic E-state index is 0.0228. The molecule has 0 saturated heterocycles. The molecule has 3 rings (SSSR count). The van der Waals surface area contributed by atoms with Gasteiger partial charge in [0.1, 0.15) is 5.15 Å². The SMILES string of the molecule is CCN(CC)C(=O)c1ccc(NC(=O)/C=C/c2c(C)nn(Cc3ccccc3)c2Cl)cc1. The van der Waals surface area contributed by atoms with E-state index >= 15 is 0 Å². The van der Waals surface area contributed by atoms with Crippen LogP contribution in [0.25, 0.3) is 6.08 Å². The highest BCUT2D eigenvalue weighted by molar-refractivity contribution is 6.31. The number of nitrogens with one attached hydrogen (secondary N) is 1. The van der Waals surface area contributed by atoms with Crippen LogP contribution in [0.4, 0.5) is 5.69 Å². The standard InChI is InChI=1S/C25H27ClN4O2/c1-4-29(5-2)25(32)20-11-13-21(14-12-20)27-23(31)16-15-22-18(3)28-30(24(22)26)17-19-9-7-6-8-10-19/h6-16H,4-5,17H2,1-3H3,(H,27,31)/b16-15+. The van der Waals surface area contributed by atoms with Gasteiger partial charge in [-0.25, -0.2) is 4.68 Å². The summed E-state index contributed by atoms with van der Waals surface area (Å²) in [6.07, 6.45) is 3.09. The molecule has 0 radical (unpaired) electrons. The molecular weight excluding hydrogens is 424 g/mol. The Labute approximate surface area is 193 Å². The molecule has 166 valence electrons. The Morgan fingerprint density at radius 1 is 1.06 bits per heavy atom. The molecule has 0 fully saturated rings. The molecule has 32 heavy (non-hydrogen) atoms. The Morgan fingerprint density at radius 2 is 1.72 bits per heavy atom. The third kappa shape index (κ3) is 5.65. The van der Waals surface area contributed by atoms with E-state index in [0.717, 1.165) is 11.3 Å². The molecule has 7 heteroatoms. The molecule has 0 saturated carbocycles. The van der Waals surface area contributed by atoms with Crippen LogP contribution in [0.1, 0.15) is 41.0 Å². The fraction of sp³-hybridized carbons (Fsp3) is 0.240. The zero-order chi connectivity index (χ0) is 23.1. The van der Waals surface area contributed by atoms with Gasteiger partial charge in [0.15, 0.2) is 0 Å². The zero-order valence-corrected chi connectivity index (χ0v) is 19.3. The quantitative estimate of drug-likeness (QED) is 0.489. The summed E-state index contributed by atoms with van der Waals surface area (Å²) in [7, 11) is 0. The summed E-state index contributed by atoms with van der Waals surface area (Å²) in [4.78, 5) is 26.5. The van der Waals surface area contributed by atoms with Gasteiger partial charge in [-0.2, -0.15) is 5.10 Å². The van der Waals surface area contributed by atoms with Crippen LogP contribution in [0.2, 0.25) is 5.15 Å². The largest absolute Gasteiger partial charge is 0.339 e. The van der Waals surface area contributed by atoms with Crippen LogP contribution < -0.4 is 5.32 Å². The third-order valence-electron chi connectivity index (χ3n) is 5.14. The van der Waals surface area contributed by atoms with Gasteiger partial charge in [0.25, 0.3) is 5.91 Å². The molecule has 1 heterocycles. The van der Waals surface area contributed by atoms with Crippen molar-refractivity contribution in [1.29, 1.82) is 0 Å². The van der Waals surface area contributed by atoms with Crippen molar-refractivity contribution in [2.45, 2.75) is 27.3 Å². The lowest BCUT2D eigenvalue weighted by molar-refractivity contribution is -0.111. The van der Waals surface area contributed by atoms with Gasteiger partial charge in [-0.15, -0.1) is 0 Å². The fourth-order valence-corrected chi connectivity index (χ4v) is 3.65. The first-order valence-electron chi connectivity index (χ1n) is 10.6. The van der Waals surface area contributed by atoms with Crippen molar-refractivity contribution >= 4 is 35.2 Å². The van der Waals surface area contributed by atoms with E-state index in [4.69, 9.17) is 11.6 Å². The molecule has 0 unspecified atom stereocenters. The summed E-state index contributed by atoms with van der Waals surface area (Å²) in [6.45, 7) is 7.62. The summed E-state index contributed by atoms with van der Waals surface area (Å²) in [6, 6.07) is 16.8. The molecule has 0 bridgehead atoms. The van der Waals surface area contributed by atoms with E-state index in [9.17, 15) is 9.59 Å². The predicted molar refractivity (Wildman–Crippen MR) is 129 cm³/mol. The van der Waals surface area contributed by atoms with Crippen molar-refractivity contribution < 1.29 is 9.59 Å². The number of aryl methyl sites for hydroxylation is 1. The van der Waals surface area contributed by atoms with Crippen LogP contribution in [0.5, 0.6) is 0 Å². The molecule has 0 aliphatic carbocycles. The first-order valence-corrected chi connectivity index (χ1v) is 11.0. The van der Waals surface area contributed by atoms with E-state index in [1.807, 2.05) is 51.1 Å². The summed E-state index contributed by atoms with van der Waals surface area (Å²) < 4.78 is 1.72. The molecule has 0 aliphatic heterocycles. The second-order valence-electron chi connectivity index (χ2n) is 7.31. The maximum atomic E-state index is 12.4. The maximum absolute atomic E-state index is 12.4. The van der Waals surface area contributed by atoms with Crippen molar-refractivity contribution in [2.24, 2.45) is 0 Å². The van der Waals surface area contributed by atoms with Gasteiger partial charge in [-0.05, 0) is 56.7 Å². The van der Waals surface area contributed by atoms with E-state index in [2.05, 4.69) is 10.4 Å². The molecule has 0 atom stereocenters. The van der Waals surface area contributed by atoms with E-state index in [-0.39, 0.29) is 11.8 Å². The van der Waals surface area contributed by atoms with Crippen LogP contribution in [-0.2, 0) is 11.3 Å². The van der Waals surface area contributed by atoms with Gasteiger partial charge in [-0.3, -0.25) is 9.59 Å². The average molecular weight is 451 g/mol. The van der Waals surface area contributed by atoms with Crippen LogP contribution in [-0.4, -0.2) is 39.6 Å². The number of benzene rings is 2. The highest BCUT2D eigenvalue weighted by Gasteiger charge is 2.13. The van der Waals surface area contributed by atoms with E-state index in [1.54, 1.807) is 39.9 Å². The molecule has 2 aromatic carbocycles. The maximum Gasteiger partial charge on any atom is 0.253 e. The van der Waals surface area contributed by atoms with Gasteiger partial charge in [-0.1, -0.05) is 41.9 Å². The van der Waals surface area contributed by atoms with Crippen molar-refractivity contribution in [3.05, 3.63) is 88.2 Å². The highest BCUT2D eigenvalue weighted by atomic mass is 35.5. The van der Waals surface area contributed by atoms with Gasteiger partial charge in [0, 0.05) is 36.0 Å². The van der Waals surface area contributed by atoms with Gasteiger partial charge in [0.05, 0.1) is 12.2 Å². The second-order valence-corrected chi connectivity index (χ2v) is 7.67. The number of hydrogen-bond acceptors (Lipinski definition) is 3. The van der Waals surface area contributed by atoms with Crippen molar-refractivity contribution in [3.8, 4) is 0 Å². The van der Waals surface area contributed by atoms with Crippen molar-refractivity contribution in [2.75, 3.05) is 18.4 Å². The summed E-state index contributed by atoms with van der Waals surface area (Å²) in [5.41, 5.74) is 3.74. The molecule has 1 aromatic heterocycles. The Morgan fingerprint density at radius 3 is 2.34 bits per heavy atom. The third-order valence-corrected chi connectivity index (χ3v) is 5.53. The minimum Gasteiger partial charge on any atom is -0.339 e. The highest BCUT2D eigenvalue weighted by Crippen LogP contribution is 2.22. The first-order chi connectivity index (χ1) is 15.4. The number of rotatable bonds is 8. The Bertz CT molecular complexity index is 1100. The number of carbonyl (C=O) groups is 2. The lowest BCUT2D eigenvalue weighted by atomic mass is 10.1. The van der Waals surface area contributed by atoms with E-state index < -0.39 is 0 Å². The lowest BCUT2D eigenvalue weighted by Crippen LogP contribution is -2.30. The number of amides is 2. The number of nitrogens with zero attached hydrogens (tertiary/aromatic N) is 3. The Balaban J connectivity index is 1.65. The normalized spacial score (nSPS) is 11.0. The zero-order valence-electron chi connectivity index (χ0n) is 18.5. The number of carbonyl (C=O) groups excluding carboxylic acids is 2. The smallest absolute Gasteiger partial charge is 0.253 e. The summed E-state index contributed by atoms with van der Waals surface area (Å²) >= 11 is 6.50.